The molecule has 1 aromatic rings. The van der Waals surface area contributed by atoms with E-state index in [2.05, 4.69) is 16.2 Å². The Kier molecular flexibility index (Phi) is 2.48. The number of rotatable bonds is 2. The first-order valence-corrected chi connectivity index (χ1v) is 5.98. The van der Waals surface area contributed by atoms with Crippen LogP contribution in [-0.2, 0) is 4.57 Å². The molecule has 12 heavy (non-hydrogen) atoms. The maximum Gasteiger partial charge on any atom is 0.242 e. The lowest BCUT2D eigenvalue weighted by molar-refractivity contribution is 0.395. The summed E-state index contributed by atoms with van der Waals surface area (Å²) in [6.45, 7) is 3.27. The zero-order chi connectivity index (χ0) is 9.19. The van der Waals surface area contributed by atoms with Crippen molar-refractivity contribution in [3.8, 4) is 5.88 Å². The molecule has 1 heterocycles. The van der Waals surface area contributed by atoms with Gasteiger partial charge < -0.3 is 9.30 Å². The second-order valence-corrected chi connectivity index (χ2v) is 5.86. The van der Waals surface area contributed by atoms with Gasteiger partial charge in [0, 0.05) is 0 Å². The van der Waals surface area contributed by atoms with Crippen molar-refractivity contribution in [2.45, 2.75) is 0 Å². The fourth-order valence-corrected chi connectivity index (χ4v) is 1.32. The van der Waals surface area contributed by atoms with E-state index in [1.165, 1.54) is 13.3 Å². The minimum Gasteiger partial charge on any atom is -0.479 e. The van der Waals surface area contributed by atoms with E-state index in [-0.39, 0.29) is 5.88 Å². The average molecular weight is 185 g/mol. The first kappa shape index (κ1) is 9.20. The number of nitrogens with zero attached hydrogens (tertiary/aromatic N) is 2. The summed E-state index contributed by atoms with van der Waals surface area (Å²) >= 11 is 0. The summed E-state index contributed by atoms with van der Waals surface area (Å²) < 4.78 is 16.3. The third-order valence-corrected chi connectivity index (χ3v) is 2.62. The molecule has 5 heteroatoms. The minimum absolute atomic E-state index is 0.274. The fraction of sp³-hybridized carbons (Fsp3) is 0.429. The van der Waals surface area contributed by atoms with E-state index in [4.69, 9.17) is 4.74 Å². The van der Waals surface area contributed by atoms with Crippen LogP contribution in [0.2, 0.25) is 0 Å². The summed E-state index contributed by atoms with van der Waals surface area (Å²) in [7, 11) is -0.859. The Morgan fingerprint density at radius 1 is 1.58 bits per heavy atom. The van der Waals surface area contributed by atoms with Crippen LogP contribution in [-0.4, -0.2) is 30.4 Å². The van der Waals surface area contributed by atoms with Gasteiger partial charge in [-0.3, -0.25) is 0 Å². The summed E-state index contributed by atoms with van der Waals surface area (Å²) in [6, 6.07) is 0. The van der Waals surface area contributed by atoms with E-state index in [1.54, 1.807) is 13.3 Å². The maximum atomic E-state index is 11.5. The van der Waals surface area contributed by atoms with Gasteiger partial charge in [0.2, 0.25) is 5.88 Å². The van der Waals surface area contributed by atoms with Gasteiger partial charge in [-0.2, -0.15) is 0 Å². The molecule has 0 aliphatic rings. The van der Waals surface area contributed by atoms with Crippen LogP contribution in [0.25, 0.3) is 0 Å². The largest absolute Gasteiger partial charge is 0.479 e. The molecule has 0 fully saturated rings. The molecular formula is C7H10N2O2P. The van der Waals surface area contributed by atoms with Gasteiger partial charge in [-0.05, 0) is 13.3 Å². The molecule has 1 aromatic heterocycles. The molecule has 0 saturated carbocycles. The second kappa shape index (κ2) is 3.23. The van der Waals surface area contributed by atoms with Gasteiger partial charge in [-0.1, -0.05) is 0 Å². The summed E-state index contributed by atoms with van der Waals surface area (Å²) in [5.41, 5.74) is 0.470. The van der Waals surface area contributed by atoms with Gasteiger partial charge >= 0.3 is 0 Å². The van der Waals surface area contributed by atoms with Gasteiger partial charge in [0.1, 0.15) is 12.6 Å². The van der Waals surface area contributed by atoms with Crippen molar-refractivity contribution < 1.29 is 9.30 Å². The van der Waals surface area contributed by atoms with Gasteiger partial charge in [-0.25, -0.2) is 9.97 Å². The van der Waals surface area contributed by atoms with Crippen molar-refractivity contribution in [3.63, 3.8) is 0 Å². The third kappa shape index (κ3) is 2.05. The van der Waals surface area contributed by atoms with Crippen molar-refractivity contribution in [1.29, 1.82) is 0 Å². The highest BCUT2D eigenvalue weighted by Crippen LogP contribution is 2.33. The number of ether oxygens (including phenoxy) is 1. The van der Waals surface area contributed by atoms with Crippen LogP contribution >= 0.6 is 7.14 Å². The lowest BCUT2D eigenvalue weighted by Crippen LogP contribution is -2.10. The molecular weight excluding hydrogens is 175 g/mol. The summed E-state index contributed by atoms with van der Waals surface area (Å²) in [5, 5.41) is 0. The summed E-state index contributed by atoms with van der Waals surface area (Å²) in [6.07, 6.45) is 3.97. The number of hydrogen-bond donors (Lipinski definition) is 0. The van der Waals surface area contributed by atoms with Crippen molar-refractivity contribution in [2.75, 3.05) is 20.4 Å². The minimum atomic E-state index is -2.33. The first-order chi connectivity index (χ1) is 5.54. The van der Waals surface area contributed by atoms with Gasteiger partial charge in [0.25, 0.3) is 0 Å². The molecule has 1 rings (SSSR count). The highest BCUT2D eigenvalue weighted by molar-refractivity contribution is 7.69. The van der Waals surface area contributed by atoms with Crippen molar-refractivity contribution in [3.05, 3.63) is 12.4 Å². The number of methoxy groups -OCH3 is 1. The Morgan fingerprint density at radius 3 is 2.75 bits per heavy atom. The molecule has 0 bridgehead atoms. The topological polar surface area (TPSA) is 52.1 Å². The van der Waals surface area contributed by atoms with Gasteiger partial charge in [-0.15, -0.1) is 0 Å². The van der Waals surface area contributed by atoms with Gasteiger partial charge in [0.15, 0.2) is 6.20 Å². The van der Waals surface area contributed by atoms with Crippen LogP contribution < -0.4 is 10.2 Å². The quantitative estimate of drug-likeness (QED) is 0.631. The standard InChI is InChI=1S/C7H10N2O2P/c1-11-6-4-8-5-7(9-6)12(2,3)10/h5H,1-3H3. The van der Waals surface area contributed by atoms with Crippen molar-refractivity contribution in [1.82, 2.24) is 9.97 Å². The normalized spacial score (nSPS) is 11.2. The predicted molar refractivity (Wildman–Crippen MR) is 46.5 cm³/mol. The Morgan fingerprint density at radius 2 is 2.25 bits per heavy atom. The molecule has 0 atom stereocenters. The van der Waals surface area contributed by atoms with Crippen LogP contribution in [0, 0.1) is 6.20 Å². The Hall–Kier alpha value is -0.890. The Bertz CT molecular complexity index is 321. The van der Waals surface area contributed by atoms with Crippen LogP contribution in [0.5, 0.6) is 5.88 Å². The lowest BCUT2D eigenvalue weighted by atomic mass is 10.7. The summed E-state index contributed by atoms with van der Waals surface area (Å²) in [5.74, 6) is 0.274. The van der Waals surface area contributed by atoms with E-state index in [0.717, 1.165) is 0 Å². The lowest BCUT2D eigenvalue weighted by Gasteiger charge is -2.05. The Balaban J connectivity index is 3.11. The molecule has 0 amide bonds. The smallest absolute Gasteiger partial charge is 0.242 e. The monoisotopic (exact) mass is 185 g/mol. The van der Waals surface area contributed by atoms with Crippen LogP contribution in [0.1, 0.15) is 0 Å². The van der Waals surface area contributed by atoms with Crippen LogP contribution in [0.3, 0.4) is 0 Å². The van der Waals surface area contributed by atoms with Crippen LogP contribution in [0.4, 0.5) is 0 Å². The number of hydrogen-bond acceptors (Lipinski definition) is 4. The zero-order valence-electron chi connectivity index (χ0n) is 7.24. The van der Waals surface area contributed by atoms with Crippen molar-refractivity contribution in [2.24, 2.45) is 0 Å². The SMILES string of the molecule is COc1[c]ncc(P(C)(C)=O)n1. The molecule has 1 radical (unpaired) electrons. The maximum absolute atomic E-state index is 11.5. The predicted octanol–water partition coefficient (Wildman–Crippen LogP) is 0.533. The van der Waals surface area contributed by atoms with E-state index in [1.807, 2.05) is 0 Å². The molecule has 65 valence electrons. The van der Waals surface area contributed by atoms with Crippen molar-refractivity contribution >= 4 is 12.6 Å². The van der Waals surface area contributed by atoms with Gasteiger partial charge in [0.05, 0.1) is 13.3 Å². The average Bonchev–Trinajstić information content (AvgIpc) is 2.03. The summed E-state index contributed by atoms with van der Waals surface area (Å²) in [4.78, 5) is 7.70. The van der Waals surface area contributed by atoms with Crippen LogP contribution in [0.15, 0.2) is 6.20 Å². The van der Waals surface area contributed by atoms with E-state index in [9.17, 15) is 4.57 Å². The number of aromatic nitrogens is 2. The molecule has 4 nitrogen and oxygen atoms in total. The molecule has 0 unspecified atom stereocenters. The molecule has 0 saturated heterocycles. The zero-order valence-corrected chi connectivity index (χ0v) is 8.13. The fourth-order valence-electron chi connectivity index (χ4n) is 0.654. The third-order valence-electron chi connectivity index (χ3n) is 1.30. The molecule has 0 aliphatic carbocycles. The van der Waals surface area contributed by atoms with E-state index < -0.39 is 7.14 Å². The highest BCUT2D eigenvalue weighted by Gasteiger charge is 2.13. The second-order valence-electron chi connectivity index (χ2n) is 2.70. The highest BCUT2D eigenvalue weighted by atomic mass is 31.2. The molecule has 0 N–H and O–H groups in total. The first-order valence-electron chi connectivity index (χ1n) is 3.38. The van der Waals surface area contributed by atoms with E-state index in [0.29, 0.717) is 5.44 Å². The molecule has 0 spiro atoms. The Labute approximate surface area is 71.4 Å². The van der Waals surface area contributed by atoms with E-state index >= 15 is 0 Å². The molecule has 0 aliphatic heterocycles. The molecule has 0 aromatic carbocycles.